The van der Waals surface area contributed by atoms with Gasteiger partial charge in [-0.05, 0) is 30.5 Å². The van der Waals surface area contributed by atoms with Gasteiger partial charge in [0, 0.05) is 16.8 Å². The van der Waals surface area contributed by atoms with E-state index in [0.29, 0.717) is 6.42 Å². The first kappa shape index (κ1) is 16.0. The molecule has 0 radical (unpaired) electrons. The first-order valence-electron chi connectivity index (χ1n) is 7.40. The van der Waals surface area contributed by atoms with Crippen LogP contribution in [0, 0.1) is 5.92 Å². The number of primary amides is 1. The highest BCUT2D eigenvalue weighted by Gasteiger charge is 2.25. The molecule has 1 saturated carbocycles. The minimum absolute atomic E-state index is 0.0318. The van der Waals surface area contributed by atoms with Crippen LogP contribution in [0.5, 0.6) is 0 Å². The molecule has 0 heterocycles. The summed E-state index contributed by atoms with van der Waals surface area (Å²) in [6.45, 7) is 0. The average Bonchev–Trinajstić information content (AvgIpc) is 2.49. The Kier molecular flexibility index (Phi) is 5.79. The van der Waals surface area contributed by atoms with E-state index < -0.39 is 11.9 Å². The van der Waals surface area contributed by atoms with Gasteiger partial charge < -0.3 is 11.1 Å². The van der Waals surface area contributed by atoms with Crippen molar-refractivity contribution in [2.45, 2.75) is 44.6 Å². The monoisotopic (exact) mass is 352 g/mol. The lowest BCUT2D eigenvalue weighted by molar-refractivity contribution is -0.130. The zero-order chi connectivity index (χ0) is 15.2. The number of amides is 2. The Morgan fingerprint density at radius 3 is 2.38 bits per heavy atom. The predicted molar refractivity (Wildman–Crippen MR) is 85.5 cm³/mol. The highest BCUT2D eigenvalue weighted by molar-refractivity contribution is 9.10. The number of benzene rings is 1. The lowest BCUT2D eigenvalue weighted by Gasteiger charge is -2.23. The highest BCUT2D eigenvalue weighted by Crippen LogP contribution is 2.23. The average molecular weight is 353 g/mol. The summed E-state index contributed by atoms with van der Waals surface area (Å²) >= 11 is 3.37. The van der Waals surface area contributed by atoms with Crippen molar-refractivity contribution in [2.24, 2.45) is 11.7 Å². The number of carbonyl (C=O) groups excluding carboxylic acids is 2. The maximum absolute atomic E-state index is 12.2. The fourth-order valence-electron chi connectivity index (χ4n) is 2.73. The molecule has 1 aliphatic rings. The predicted octanol–water partition coefficient (Wildman–Crippen LogP) is 2.54. The molecule has 21 heavy (non-hydrogen) atoms. The SMILES string of the molecule is NC(=O)[C@H](Cc1ccc(Br)cc1)NC(=O)C1CCCCC1. The molecule has 4 nitrogen and oxygen atoms in total. The number of nitrogens with two attached hydrogens (primary N) is 1. The van der Waals surface area contributed by atoms with E-state index in [1.807, 2.05) is 24.3 Å². The number of hydrogen-bond acceptors (Lipinski definition) is 2. The molecule has 1 aliphatic carbocycles. The van der Waals surface area contributed by atoms with E-state index >= 15 is 0 Å². The molecule has 0 saturated heterocycles. The van der Waals surface area contributed by atoms with Gasteiger partial charge in [0.15, 0.2) is 0 Å². The zero-order valence-electron chi connectivity index (χ0n) is 12.0. The van der Waals surface area contributed by atoms with Gasteiger partial charge in [0.25, 0.3) is 0 Å². The smallest absolute Gasteiger partial charge is 0.240 e. The minimum Gasteiger partial charge on any atom is -0.368 e. The highest BCUT2D eigenvalue weighted by atomic mass is 79.9. The summed E-state index contributed by atoms with van der Waals surface area (Å²) in [6.07, 6.45) is 5.63. The standard InChI is InChI=1S/C16H21BrN2O2/c17-13-8-6-11(7-9-13)10-14(15(18)20)19-16(21)12-4-2-1-3-5-12/h6-9,12,14H,1-5,10H2,(H2,18,20)(H,19,21)/t14-/m0/s1. The van der Waals surface area contributed by atoms with Crippen LogP contribution in [0.4, 0.5) is 0 Å². The molecule has 0 spiro atoms. The zero-order valence-corrected chi connectivity index (χ0v) is 13.6. The minimum atomic E-state index is -0.638. The normalized spacial score (nSPS) is 17.2. The molecule has 5 heteroatoms. The molecule has 0 bridgehead atoms. The third kappa shape index (κ3) is 4.84. The third-order valence-corrected chi connectivity index (χ3v) is 4.52. The number of halogens is 1. The van der Waals surface area contributed by atoms with Gasteiger partial charge in [-0.2, -0.15) is 0 Å². The molecule has 1 aromatic rings. The lowest BCUT2D eigenvalue weighted by atomic mass is 9.88. The van der Waals surface area contributed by atoms with Crippen LogP contribution in [0.1, 0.15) is 37.7 Å². The van der Waals surface area contributed by atoms with Crippen molar-refractivity contribution in [3.8, 4) is 0 Å². The van der Waals surface area contributed by atoms with E-state index in [9.17, 15) is 9.59 Å². The first-order chi connectivity index (χ1) is 10.1. The van der Waals surface area contributed by atoms with Crippen molar-refractivity contribution < 1.29 is 9.59 Å². The Bertz CT molecular complexity index is 496. The molecule has 0 aromatic heterocycles. The fraction of sp³-hybridized carbons (Fsp3) is 0.500. The third-order valence-electron chi connectivity index (χ3n) is 3.99. The maximum Gasteiger partial charge on any atom is 0.240 e. The van der Waals surface area contributed by atoms with Crippen molar-refractivity contribution in [2.75, 3.05) is 0 Å². The number of rotatable bonds is 5. The van der Waals surface area contributed by atoms with E-state index in [1.165, 1.54) is 6.42 Å². The second-order valence-corrected chi connectivity index (χ2v) is 6.54. The van der Waals surface area contributed by atoms with E-state index in [1.54, 1.807) is 0 Å². The van der Waals surface area contributed by atoms with Gasteiger partial charge >= 0.3 is 0 Å². The molecule has 2 rings (SSSR count). The van der Waals surface area contributed by atoms with Crippen molar-refractivity contribution in [3.63, 3.8) is 0 Å². The van der Waals surface area contributed by atoms with Gasteiger partial charge in [0.1, 0.15) is 6.04 Å². The van der Waals surface area contributed by atoms with Crippen LogP contribution < -0.4 is 11.1 Å². The number of nitrogens with one attached hydrogen (secondary N) is 1. The van der Waals surface area contributed by atoms with Crippen molar-refractivity contribution in [1.82, 2.24) is 5.32 Å². The van der Waals surface area contributed by atoms with Gasteiger partial charge in [-0.1, -0.05) is 47.3 Å². The Morgan fingerprint density at radius 2 is 1.81 bits per heavy atom. The van der Waals surface area contributed by atoms with Crippen LogP contribution in [0.3, 0.4) is 0 Å². The summed E-state index contributed by atoms with van der Waals surface area (Å²) in [4.78, 5) is 23.8. The van der Waals surface area contributed by atoms with Gasteiger partial charge in [-0.3, -0.25) is 9.59 Å². The quantitative estimate of drug-likeness (QED) is 0.854. The summed E-state index contributed by atoms with van der Waals surface area (Å²) in [5, 5.41) is 2.82. The molecule has 0 aliphatic heterocycles. The summed E-state index contributed by atoms with van der Waals surface area (Å²) < 4.78 is 0.980. The van der Waals surface area contributed by atoms with Crippen molar-refractivity contribution >= 4 is 27.7 Å². The van der Waals surface area contributed by atoms with Gasteiger partial charge in [0.05, 0.1) is 0 Å². The largest absolute Gasteiger partial charge is 0.368 e. The van der Waals surface area contributed by atoms with E-state index in [-0.39, 0.29) is 11.8 Å². The molecule has 1 aromatic carbocycles. The van der Waals surface area contributed by atoms with Crippen molar-refractivity contribution in [1.29, 1.82) is 0 Å². The van der Waals surface area contributed by atoms with Crippen LogP contribution in [0.2, 0.25) is 0 Å². The Balaban J connectivity index is 1.96. The summed E-state index contributed by atoms with van der Waals surface area (Å²) in [5.74, 6) is -0.483. The van der Waals surface area contributed by atoms with Crippen LogP contribution >= 0.6 is 15.9 Å². The van der Waals surface area contributed by atoms with Gasteiger partial charge in [-0.25, -0.2) is 0 Å². The number of hydrogen-bond donors (Lipinski definition) is 2. The molecule has 0 unspecified atom stereocenters. The van der Waals surface area contributed by atoms with E-state index in [0.717, 1.165) is 35.7 Å². The second-order valence-electron chi connectivity index (χ2n) is 5.63. The molecular weight excluding hydrogens is 332 g/mol. The van der Waals surface area contributed by atoms with Crippen LogP contribution in [0.15, 0.2) is 28.7 Å². The van der Waals surface area contributed by atoms with Gasteiger partial charge in [-0.15, -0.1) is 0 Å². The molecule has 1 fully saturated rings. The molecular formula is C16H21BrN2O2. The summed E-state index contributed by atoms with van der Waals surface area (Å²) in [7, 11) is 0. The number of carbonyl (C=O) groups is 2. The van der Waals surface area contributed by atoms with E-state index in [4.69, 9.17) is 5.73 Å². The topological polar surface area (TPSA) is 72.2 Å². The molecule has 1 atom stereocenters. The fourth-order valence-corrected chi connectivity index (χ4v) is 3.00. The van der Waals surface area contributed by atoms with E-state index in [2.05, 4.69) is 21.2 Å². The van der Waals surface area contributed by atoms with Gasteiger partial charge in [0.2, 0.25) is 11.8 Å². The van der Waals surface area contributed by atoms with Crippen LogP contribution in [0.25, 0.3) is 0 Å². The van der Waals surface area contributed by atoms with Crippen molar-refractivity contribution in [3.05, 3.63) is 34.3 Å². The molecule has 3 N–H and O–H groups in total. The Hall–Kier alpha value is -1.36. The molecule has 114 valence electrons. The Morgan fingerprint density at radius 1 is 1.19 bits per heavy atom. The summed E-state index contributed by atoms with van der Waals surface area (Å²) in [6, 6.07) is 7.03. The maximum atomic E-state index is 12.2. The lowest BCUT2D eigenvalue weighted by Crippen LogP contribution is -2.48. The molecule has 2 amide bonds. The Labute approximate surface area is 133 Å². The van der Waals surface area contributed by atoms with Crippen LogP contribution in [-0.2, 0) is 16.0 Å². The second kappa shape index (κ2) is 7.59. The summed E-state index contributed by atoms with van der Waals surface area (Å²) in [5.41, 5.74) is 6.41. The van der Waals surface area contributed by atoms with Crippen LogP contribution in [-0.4, -0.2) is 17.9 Å². The first-order valence-corrected chi connectivity index (χ1v) is 8.19.